The summed E-state index contributed by atoms with van der Waals surface area (Å²) in [4.78, 5) is 5.02. The number of imidazole rings is 1. The van der Waals surface area contributed by atoms with Crippen LogP contribution in [0.25, 0.3) is 16.8 Å². The van der Waals surface area contributed by atoms with Crippen LogP contribution < -0.4 is 16.8 Å². The Bertz CT molecular complexity index is 1190. The molecule has 5 rings (SSSR count). The van der Waals surface area contributed by atoms with E-state index >= 15 is 0 Å². The van der Waals surface area contributed by atoms with Gasteiger partial charge in [0.2, 0.25) is 0 Å². The molecule has 6 nitrogen and oxygen atoms in total. The Kier molecular flexibility index (Phi) is 5.26. The molecule has 1 fully saturated rings. The fraction of sp³-hybridized carbons (Fsp3) is 0.250. The predicted octanol–water partition coefficient (Wildman–Crippen LogP) is 5.36. The summed E-state index contributed by atoms with van der Waals surface area (Å²) in [7, 11) is 0. The molecule has 31 heavy (non-hydrogen) atoms. The first-order valence-corrected chi connectivity index (χ1v) is 11.0. The summed E-state index contributed by atoms with van der Waals surface area (Å²) in [6.45, 7) is 0. The van der Waals surface area contributed by atoms with Gasteiger partial charge in [0.25, 0.3) is 0 Å². The third-order valence-corrected chi connectivity index (χ3v) is 6.27. The molecule has 5 N–H and O–H groups in total. The number of aromatic nitrogens is 3. The summed E-state index contributed by atoms with van der Waals surface area (Å²) in [5, 5.41) is 8.85. The largest absolute Gasteiger partial charge is 0.382 e. The van der Waals surface area contributed by atoms with E-state index in [9.17, 15) is 0 Å². The van der Waals surface area contributed by atoms with Gasteiger partial charge >= 0.3 is 0 Å². The Hall–Kier alpha value is -3.09. The smallest absolute Gasteiger partial charge is 0.178 e. The van der Waals surface area contributed by atoms with Crippen molar-refractivity contribution >= 4 is 34.4 Å². The molecule has 2 aromatic carbocycles. The van der Waals surface area contributed by atoms with Crippen LogP contribution in [0.1, 0.15) is 37.3 Å². The summed E-state index contributed by atoms with van der Waals surface area (Å²) < 4.78 is 1.80. The molecule has 0 bridgehead atoms. The molecule has 1 aliphatic rings. The van der Waals surface area contributed by atoms with Crippen LogP contribution in [0.15, 0.2) is 60.8 Å². The minimum atomic E-state index is 0.300. The van der Waals surface area contributed by atoms with Crippen LogP contribution in [-0.2, 0) is 0 Å². The van der Waals surface area contributed by atoms with Crippen LogP contribution in [0.4, 0.5) is 17.2 Å². The van der Waals surface area contributed by atoms with Crippen LogP contribution in [0, 0.1) is 0 Å². The normalized spacial score (nSPS) is 18.9. The number of halogens is 1. The highest BCUT2D eigenvalue weighted by molar-refractivity contribution is 6.30. The number of nitrogen functional groups attached to an aromatic ring is 1. The summed E-state index contributed by atoms with van der Waals surface area (Å²) in [6, 6.07) is 17.9. The van der Waals surface area contributed by atoms with Gasteiger partial charge in [-0.3, -0.25) is 0 Å². The highest BCUT2D eigenvalue weighted by Crippen LogP contribution is 2.39. The second-order valence-corrected chi connectivity index (χ2v) is 8.62. The van der Waals surface area contributed by atoms with Crippen molar-refractivity contribution in [1.29, 1.82) is 0 Å². The van der Waals surface area contributed by atoms with Crippen LogP contribution >= 0.6 is 11.6 Å². The zero-order valence-corrected chi connectivity index (χ0v) is 17.9. The Morgan fingerprint density at radius 1 is 0.968 bits per heavy atom. The van der Waals surface area contributed by atoms with Gasteiger partial charge in [0.05, 0.1) is 23.1 Å². The second-order valence-electron chi connectivity index (χ2n) is 8.18. The number of anilines is 3. The molecule has 0 amide bonds. The molecular formula is C24H25ClN6. The van der Waals surface area contributed by atoms with Crippen LogP contribution in [-0.4, -0.2) is 20.6 Å². The highest BCUT2D eigenvalue weighted by Gasteiger charge is 2.25. The lowest BCUT2D eigenvalue weighted by Gasteiger charge is -2.24. The van der Waals surface area contributed by atoms with E-state index in [0.29, 0.717) is 22.8 Å². The van der Waals surface area contributed by atoms with Crippen molar-refractivity contribution in [2.45, 2.75) is 37.6 Å². The summed E-state index contributed by atoms with van der Waals surface area (Å²) in [5.74, 6) is 0.828. The molecular weight excluding hydrogens is 408 g/mol. The maximum atomic E-state index is 6.47. The molecule has 0 atom stereocenters. The third kappa shape index (κ3) is 3.96. The first-order chi connectivity index (χ1) is 15.1. The van der Waals surface area contributed by atoms with E-state index in [2.05, 4.69) is 10.4 Å². The van der Waals surface area contributed by atoms with Crippen molar-refractivity contribution in [1.82, 2.24) is 14.6 Å². The van der Waals surface area contributed by atoms with Gasteiger partial charge in [-0.1, -0.05) is 41.9 Å². The monoisotopic (exact) mass is 432 g/mol. The minimum absolute atomic E-state index is 0.300. The van der Waals surface area contributed by atoms with Gasteiger partial charge in [-0.25, -0.2) is 9.50 Å². The number of nitrogens with zero attached hydrogens (tertiary/aromatic N) is 3. The van der Waals surface area contributed by atoms with Gasteiger partial charge in [0.15, 0.2) is 11.5 Å². The zero-order chi connectivity index (χ0) is 21.4. The SMILES string of the molecule is Nc1nn2cc([C@H]3CC[C@H](N)CC3)nc2c(Nc2ccccc2)c1-c1ccc(Cl)cc1. The van der Waals surface area contributed by atoms with Crippen molar-refractivity contribution < 1.29 is 0 Å². The third-order valence-electron chi connectivity index (χ3n) is 6.02. The van der Waals surface area contributed by atoms with Crippen LogP contribution in [0.5, 0.6) is 0 Å². The molecule has 4 aromatic rings. The van der Waals surface area contributed by atoms with Crippen LogP contribution in [0.2, 0.25) is 5.02 Å². The zero-order valence-electron chi connectivity index (χ0n) is 17.1. The Morgan fingerprint density at radius 2 is 1.68 bits per heavy atom. The molecule has 0 spiro atoms. The average molecular weight is 433 g/mol. The first kappa shape index (κ1) is 19.8. The van der Waals surface area contributed by atoms with Crippen molar-refractivity contribution in [2.24, 2.45) is 5.73 Å². The summed E-state index contributed by atoms with van der Waals surface area (Å²) in [6.07, 6.45) is 6.16. The molecule has 2 heterocycles. The fourth-order valence-electron chi connectivity index (χ4n) is 4.35. The van der Waals surface area contributed by atoms with Crippen molar-refractivity contribution in [2.75, 3.05) is 11.1 Å². The number of nitrogens with one attached hydrogen (secondary N) is 1. The Morgan fingerprint density at radius 3 is 2.39 bits per heavy atom. The van der Waals surface area contributed by atoms with Gasteiger partial charge in [-0.05, 0) is 55.5 Å². The molecule has 1 saturated carbocycles. The predicted molar refractivity (Wildman–Crippen MR) is 127 cm³/mol. The van der Waals surface area contributed by atoms with Crippen molar-refractivity contribution in [3.8, 4) is 11.1 Å². The topological polar surface area (TPSA) is 94.3 Å². The van der Waals surface area contributed by atoms with Gasteiger partial charge in [0, 0.05) is 22.7 Å². The van der Waals surface area contributed by atoms with E-state index in [1.54, 1.807) is 4.52 Å². The highest BCUT2D eigenvalue weighted by atomic mass is 35.5. The molecule has 0 saturated heterocycles. The fourth-order valence-corrected chi connectivity index (χ4v) is 4.47. The maximum absolute atomic E-state index is 6.47. The van der Waals surface area contributed by atoms with E-state index < -0.39 is 0 Å². The van der Waals surface area contributed by atoms with Crippen molar-refractivity contribution in [3.63, 3.8) is 0 Å². The number of nitrogens with two attached hydrogens (primary N) is 2. The molecule has 0 aliphatic heterocycles. The summed E-state index contributed by atoms with van der Waals surface area (Å²) >= 11 is 6.12. The van der Waals surface area contributed by atoms with Crippen LogP contribution in [0.3, 0.4) is 0 Å². The molecule has 1 aliphatic carbocycles. The van der Waals surface area contributed by atoms with E-state index in [4.69, 9.17) is 28.1 Å². The average Bonchev–Trinajstić information content (AvgIpc) is 3.20. The quantitative estimate of drug-likeness (QED) is 0.403. The lowest BCUT2D eigenvalue weighted by molar-refractivity contribution is 0.391. The van der Waals surface area contributed by atoms with Crippen molar-refractivity contribution in [3.05, 3.63) is 71.5 Å². The standard InChI is InChI=1S/C24H25ClN6/c25-17-10-6-16(7-11-17)21-22(28-19-4-2-1-3-5-19)24-29-20(14-31(24)30-23(21)27)15-8-12-18(26)13-9-15/h1-7,10-11,14-15,18,28H,8-9,12-13,26H2,(H2,27,30)/t15-,18-. The van der Waals surface area contributed by atoms with Gasteiger partial charge in [0.1, 0.15) is 0 Å². The lowest BCUT2D eigenvalue weighted by atomic mass is 9.85. The first-order valence-electron chi connectivity index (χ1n) is 10.6. The Labute approximate surface area is 186 Å². The maximum Gasteiger partial charge on any atom is 0.178 e. The number of hydrogen-bond donors (Lipinski definition) is 3. The molecule has 0 radical (unpaired) electrons. The summed E-state index contributed by atoms with van der Waals surface area (Å²) in [5.41, 5.74) is 17.9. The van der Waals surface area contributed by atoms with E-state index in [1.807, 2.05) is 60.8 Å². The van der Waals surface area contributed by atoms with Gasteiger partial charge in [-0.2, -0.15) is 0 Å². The molecule has 158 valence electrons. The van der Waals surface area contributed by atoms with Gasteiger partial charge < -0.3 is 16.8 Å². The number of fused-ring (bicyclic) bond motifs is 1. The van der Waals surface area contributed by atoms with E-state index in [1.165, 1.54) is 0 Å². The van der Waals surface area contributed by atoms with E-state index in [-0.39, 0.29) is 0 Å². The minimum Gasteiger partial charge on any atom is -0.382 e. The van der Waals surface area contributed by atoms with Gasteiger partial charge in [-0.15, -0.1) is 5.10 Å². The van der Waals surface area contributed by atoms with E-state index in [0.717, 1.165) is 59.5 Å². The number of para-hydroxylation sites is 1. The molecule has 7 heteroatoms. The number of hydrogen-bond acceptors (Lipinski definition) is 5. The molecule has 2 aromatic heterocycles. The number of rotatable bonds is 4. The second kappa shape index (κ2) is 8.21. The molecule has 0 unspecified atom stereocenters. The Balaban J connectivity index is 1.66. The lowest BCUT2D eigenvalue weighted by Crippen LogP contribution is -2.25. The number of benzene rings is 2.